The summed E-state index contributed by atoms with van der Waals surface area (Å²) < 4.78 is 12.2. The molecule has 0 saturated heterocycles. The Kier molecular flexibility index (Phi) is 6.62. The van der Waals surface area contributed by atoms with E-state index in [-0.39, 0.29) is 0 Å². The highest BCUT2D eigenvalue weighted by atomic mass is 16.5. The molecule has 39 heavy (non-hydrogen) atoms. The molecule has 3 aromatic carbocycles. The number of nitrogens with zero attached hydrogens (tertiary/aromatic N) is 1. The van der Waals surface area contributed by atoms with Gasteiger partial charge in [-0.1, -0.05) is 24.0 Å². The molecule has 1 aliphatic heterocycles. The van der Waals surface area contributed by atoms with Crippen LogP contribution in [0, 0.1) is 18.8 Å². The lowest BCUT2D eigenvalue weighted by atomic mass is 9.85. The van der Waals surface area contributed by atoms with Crippen molar-refractivity contribution in [3.05, 3.63) is 70.9 Å². The molecule has 200 valence electrons. The summed E-state index contributed by atoms with van der Waals surface area (Å²) in [4.78, 5) is 17.6. The zero-order chi connectivity index (χ0) is 28.1. The number of aryl methyl sites for hydroxylation is 1. The van der Waals surface area contributed by atoms with Crippen LogP contribution in [0.3, 0.4) is 0 Å². The second-order valence-electron chi connectivity index (χ2n) is 11.7. The number of rotatable bonds is 4. The molecule has 0 fully saturated rings. The topological polar surface area (TPSA) is 94.7 Å². The van der Waals surface area contributed by atoms with Crippen LogP contribution < -0.4 is 10.5 Å². The second-order valence-corrected chi connectivity index (χ2v) is 11.7. The Bertz CT molecular complexity index is 1670. The SMILES string of the molecule is Cc1cc2ccc(C#CC(C)(C)N)cc2c(-c2ccc3c4c(ccnc24)CCO3)c1[C@H](OC(C)(C)C)C(=O)O. The monoisotopic (exact) mass is 522 g/mol. The molecular weight excluding hydrogens is 488 g/mol. The van der Waals surface area contributed by atoms with Gasteiger partial charge in [0.15, 0.2) is 6.10 Å². The lowest BCUT2D eigenvalue weighted by molar-refractivity contribution is -0.160. The van der Waals surface area contributed by atoms with Crippen LogP contribution in [0.2, 0.25) is 0 Å². The molecule has 0 spiro atoms. The first-order valence-corrected chi connectivity index (χ1v) is 13.2. The number of hydrogen-bond donors (Lipinski definition) is 2. The maximum absolute atomic E-state index is 12.8. The van der Waals surface area contributed by atoms with Crippen LogP contribution in [-0.2, 0) is 16.0 Å². The third-order valence-corrected chi connectivity index (χ3v) is 6.71. The molecule has 0 unspecified atom stereocenters. The number of pyridine rings is 1. The van der Waals surface area contributed by atoms with Crippen molar-refractivity contribution in [2.75, 3.05) is 6.61 Å². The maximum atomic E-state index is 12.8. The molecule has 0 radical (unpaired) electrons. The van der Waals surface area contributed by atoms with E-state index in [1.54, 1.807) is 0 Å². The first-order valence-electron chi connectivity index (χ1n) is 13.2. The minimum absolute atomic E-state index is 0.605. The van der Waals surface area contributed by atoms with Crippen LogP contribution in [0.1, 0.15) is 63.0 Å². The molecule has 0 aliphatic carbocycles. The number of fused-ring (bicyclic) bond motifs is 1. The molecule has 5 rings (SSSR count). The van der Waals surface area contributed by atoms with Crippen LogP contribution in [0.5, 0.6) is 5.75 Å². The summed E-state index contributed by atoms with van der Waals surface area (Å²) in [6, 6.07) is 14.0. The van der Waals surface area contributed by atoms with Crippen LogP contribution >= 0.6 is 0 Å². The zero-order valence-electron chi connectivity index (χ0n) is 23.3. The number of aromatic nitrogens is 1. The Morgan fingerprint density at radius 3 is 2.59 bits per heavy atom. The van der Waals surface area contributed by atoms with Gasteiger partial charge < -0.3 is 20.3 Å². The van der Waals surface area contributed by atoms with Gasteiger partial charge in [0.25, 0.3) is 0 Å². The average Bonchev–Trinajstić information content (AvgIpc) is 2.85. The number of carboxylic acids is 1. The summed E-state index contributed by atoms with van der Waals surface area (Å²) in [5.41, 5.74) is 10.6. The Morgan fingerprint density at radius 1 is 1.13 bits per heavy atom. The van der Waals surface area contributed by atoms with Gasteiger partial charge in [-0.25, -0.2) is 4.79 Å². The summed E-state index contributed by atoms with van der Waals surface area (Å²) in [7, 11) is 0. The van der Waals surface area contributed by atoms with Crippen LogP contribution in [0.15, 0.2) is 48.7 Å². The Morgan fingerprint density at radius 2 is 1.90 bits per heavy atom. The van der Waals surface area contributed by atoms with E-state index >= 15 is 0 Å². The van der Waals surface area contributed by atoms with Crippen molar-refractivity contribution in [3.63, 3.8) is 0 Å². The maximum Gasteiger partial charge on any atom is 0.337 e. The Hall–Kier alpha value is -3.92. The molecule has 6 nitrogen and oxygen atoms in total. The standard InChI is InChI=1S/C33H34N2O4/c1-19-17-22-8-7-20(11-14-33(5,6)34)18-24(22)28(26(19)30(31(36)37)39-32(2,3)4)23-9-10-25-27-21(13-16-38-25)12-15-35-29(23)27/h7-10,12,15,17-18,30H,13,16,34H2,1-6H3,(H,36,37)/t30-/m0/s1. The molecule has 0 amide bonds. The van der Waals surface area contributed by atoms with Crippen molar-refractivity contribution in [1.29, 1.82) is 0 Å². The smallest absolute Gasteiger partial charge is 0.337 e. The molecular formula is C33H34N2O4. The van der Waals surface area contributed by atoms with Gasteiger partial charge in [-0.2, -0.15) is 0 Å². The van der Waals surface area contributed by atoms with E-state index < -0.39 is 23.2 Å². The van der Waals surface area contributed by atoms with E-state index in [1.165, 1.54) is 5.56 Å². The van der Waals surface area contributed by atoms with E-state index in [0.29, 0.717) is 12.2 Å². The molecule has 0 bridgehead atoms. The van der Waals surface area contributed by atoms with Crippen LogP contribution in [-0.4, -0.2) is 33.8 Å². The molecule has 1 aromatic heterocycles. The van der Waals surface area contributed by atoms with E-state index in [4.69, 9.17) is 20.2 Å². The predicted octanol–water partition coefficient (Wildman–Crippen LogP) is 6.33. The van der Waals surface area contributed by atoms with Crippen LogP contribution in [0.25, 0.3) is 32.8 Å². The number of hydrogen-bond acceptors (Lipinski definition) is 5. The lowest BCUT2D eigenvalue weighted by Crippen LogP contribution is -2.29. The molecule has 6 heteroatoms. The van der Waals surface area contributed by atoms with Gasteiger partial charge in [-0.3, -0.25) is 4.98 Å². The van der Waals surface area contributed by atoms with Gasteiger partial charge in [-0.05, 0) is 99.3 Å². The quantitative estimate of drug-likeness (QED) is 0.304. The summed E-state index contributed by atoms with van der Waals surface area (Å²) in [6.45, 7) is 11.9. The number of carboxylic acid groups (broad SMARTS) is 1. The van der Waals surface area contributed by atoms with Gasteiger partial charge in [0.1, 0.15) is 5.75 Å². The van der Waals surface area contributed by atoms with E-state index in [0.717, 1.165) is 56.1 Å². The molecule has 0 saturated carbocycles. The van der Waals surface area contributed by atoms with Crippen molar-refractivity contribution in [1.82, 2.24) is 4.98 Å². The highest BCUT2D eigenvalue weighted by Crippen LogP contribution is 2.45. The van der Waals surface area contributed by atoms with Crippen molar-refractivity contribution < 1.29 is 19.4 Å². The fraction of sp³-hybridized carbons (Fsp3) is 0.333. The number of ether oxygens (including phenoxy) is 2. The first kappa shape index (κ1) is 26.7. The third kappa shape index (κ3) is 5.34. The fourth-order valence-corrected chi connectivity index (χ4v) is 5.18. The lowest BCUT2D eigenvalue weighted by Gasteiger charge is -2.29. The highest BCUT2D eigenvalue weighted by molar-refractivity contribution is 6.09. The van der Waals surface area contributed by atoms with Crippen molar-refractivity contribution in [3.8, 4) is 28.7 Å². The Labute approximate surface area is 229 Å². The third-order valence-electron chi connectivity index (χ3n) is 6.71. The van der Waals surface area contributed by atoms with Crippen LogP contribution in [0.4, 0.5) is 0 Å². The minimum atomic E-state index is -1.19. The number of nitrogens with two attached hydrogens (primary N) is 1. The van der Waals surface area contributed by atoms with Gasteiger partial charge in [-0.15, -0.1) is 0 Å². The summed E-state index contributed by atoms with van der Waals surface area (Å²) in [5, 5.41) is 13.3. The molecule has 1 aliphatic rings. The van der Waals surface area contributed by atoms with Gasteiger partial charge >= 0.3 is 5.97 Å². The zero-order valence-corrected chi connectivity index (χ0v) is 23.3. The van der Waals surface area contributed by atoms with Gasteiger partial charge in [0, 0.05) is 34.7 Å². The van der Waals surface area contributed by atoms with E-state index in [9.17, 15) is 9.90 Å². The Balaban J connectivity index is 1.91. The summed E-state index contributed by atoms with van der Waals surface area (Å²) in [6.07, 6.45) is 1.41. The van der Waals surface area contributed by atoms with Crippen molar-refractivity contribution in [2.24, 2.45) is 5.73 Å². The number of benzene rings is 3. The molecule has 1 atom stereocenters. The van der Waals surface area contributed by atoms with Crippen molar-refractivity contribution in [2.45, 2.75) is 65.2 Å². The summed E-state index contributed by atoms with van der Waals surface area (Å²) in [5.74, 6) is 6.04. The van der Waals surface area contributed by atoms with Crippen molar-refractivity contribution >= 4 is 27.6 Å². The predicted molar refractivity (Wildman–Crippen MR) is 155 cm³/mol. The van der Waals surface area contributed by atoms with E-state index in [1.807, 2.05) is 90.2 Å². The van der Waals surface area contributed by atoms with E-state index in [2.05, 4.69) is 11.8 Å². The summed E-state index contributed by atoms with van der Waals surface area (Å²) >= 11 is 0. The second kappa shape index (κ2) is 9.68. The average molecular weight is 523 g/mol. The number of aliphatic carboxylic acids is 1. The fourth-order valence-electron chi connectivity index (χ4n) is 5.18. The molecule has 2 heterocycles. The van der Waals surface area contributed by atoms with Gasteiger partial charge in [0.2, 0.25) is 0 Å². The largest absolute Gasteiger partial charge is 0.493 e. The minimum Gasteiger partial charge on any atom is -0.493 e. The highest BCUT2D eigenvalue weighted by Gasteiger charge is 2.32. The number of carbonyl (C=O) groups is 1. The first-order chi connectivity index (χ1) is 18.3. The normalized spacial score (nSPS) is 14.0. The molecule has 4 aromatic rings. The van der Waals surface area contributed by atoms with Gasteiger partial charge in [0.05, 0.1) is 23.3 Å². The molecule has 3 N–H and O–H groups in total.